The van der Waals surface area contributed by atoms with Gasteiger partial charge in [0.15, 0.2) is 0 Å². The van der Waals surface area contributed by atoms with Crippen LogP contribution in [-0.4, -0.2) is 21.9 Å². The van der Waals surface area contributed by atoms with Crippen molar-refractivity contribution in [1.82, 2.24) is 0 Å². The molecule has 0 aliphatic rings. The Labute approximate surface area is 54.1 Å². The zero-order chi connectivity index (χ0) is 4.50. The Bertz CT molecular complexity index is 28.0. The summed E-state index contributed by atoms with van der Waals surface area (Å²) in [5.41, 5.74) is 0. The van der Waals surface area contributed by atoms with Gasteiger partial charge in [-0.2, -0.15) is 0 Å². The second kappa shape index (κ2) is 11.1. The molecule has 0 aromatic carbocycles. The molecule has 9 heavy (non-hydrogen) atoms. The summed E-state index contributed by atoms with van der Waals surface area (Å²) in [5, 5.41) is 0. The standard InChI is InChI=1S/4FH.4H2O.Ta/h4*1H;4*1H2;/q;;;;;;;;+4/p-4. The van der Waals surface area contributed by atoms with E-state index < -0.39 is 19.3 Å². The predicted octanol–water partition coefficient (Wildman–Crippen LogP) is -1.62. The van der Waals surface area contributed by atoms with Crippen LogP contribution in [0.25, 0.3) is 0 Å². The van der Waals surface area contributed by atoms with Crippen LogP contribution in [0.5, 0.6) is 0 Å². The Morgan fingerprint density at radius 2 is 0.556 bits per heavy atom. The third kappa shape index (κ3) is 3650. The van der Waals surface area contributed by atoms with E-state index in [0.29, 0.717) is 0 Å². The van der Waals surface area contributed by atoms with E-state index in [1.165, 1.54) is 0 Å². The van der Waals surface area contributed by atoms with Gasteiger partial charge < -0.3 is 21.9 Å². The SMILES string of the molecule is O.O.O.O.[F][Ta]([F])([F])[F]. The molecule has 0 saturated heterocycles. The van der Waals surface area contributed by atoms with E-state index in [9.17, 15) is 12.1 Å². The van der Waals surface area contributed by atoms with Gasteiger partial charge in [-0.25, -0.2) is 0 Å². The van der Waals surface area contributed by atoms with Gasteiger partial charge in [-0.05, 0) is 0 Å². The van der Waals surface area contributed by atoms with Crippen LogP contribution in [0, 0.1) is 0 Å². The van der Waals surface area contributed by atoms with Gasteiger partial charge in [0.1, 0.15) is 0 Å². The quantitative estimate of drug-likeness (QED) is 0.474. The minimum absolute atomic E-state index is 0. The zero-order valence-corrected chi connectivity index (χ0v) is 7.17. The molecule has 0 unspecified atom stereocenters. The summed E-state index contributed by atoms with van der Waals surface area (Å²) in [6.45, 7) is 0. The van der Waals surface area contributed by atoms with Crippen LogP contribution in [-0.2, 0) is 19.3 Å². The Hall–Kier alpha value is 0.300. The Morgan fingerprint density at radius 3 is 0.556 bits per heavy atom. The Kier molecular flexibility index (Phi) is 42.9. The molecule has 0 bridgehead atoms. The van der Waals surface area contributed by atoms with Gasteiger partial charge >= 0.3 is 31.4 Å². The van der Waals surface area contributed by atoms with Gasteiger partial charge in [0.25, 0.3) is 0 Å². The Balaban J connectivity index is -0.0000000133. The summed E-state index contributed by atoms with van der Waals surface area (Å²) in [5.74, 6) is 0. The third-order valence-corrected chi connectivity index (χ3v) is 0. The summed E-state index contributed by atoms with van der Waals surface area (Å²) < 4.78 is 39.6. The first-order valence-corrected chi connectivity index (χ1v) is 5.53. The van der Waals surface area contributed by atoms with Gasteiger partial charge in [-0.1, -0.05) is 0 Å². The molecular weight excluding hydrogens is 321 g/mol. The van der Waals surface area contributed by atoms with Crippen molar-refractivity contribution >= 4 is 0 Å². The van der Waals surface area contributed by atoms with Crippen LogP contribution < -0.4 is 0 Å². The van der Waals surface area contributed by atoms with Crippen molar-refractivity contribution in [2.75, 3.05) is 0 Å². The number of halogens is 4. The van der Waals surface area contributed by atoms with Crippen molar-refractivity contribution in [3.05, 3.63) is 0 Å². The maximum absolute atomic E-state index is 9.90. The molecule has 0 spiro atoms. The average molecular weight is 329 g/mol. The normalized spacial score (nSPS) is 6.67. The van der Waals surface area contributed by atoms with Crippen molar-refractivity contribution < 1.29 is 53.3 Å². The third-order valence-electron chi connectivity index (χ3n) is 0. The summed E-state index contributed by atoms with van der Waals surface area (Å²) in [6, 6.07) is 0. The number of hydrogen-bond donors (Lipinski definition) is 0. The van der Waals surface area contributed by atoms with Crippen LogP contribution in [0.2, 0.25) is 0 Å². The molecule has 9 heteroatoms. The molecule has 4 nitrogen and oxygen atoms in total. The van der Waals surface area contributed by atoms with Crippen LogP contribution >= 0.6 is 0 Å². The molecule has 0 atom stereocenters. The summed E-state index contributed by atoms with van der Waals surface area (Å²) in [7, 11) is 0. The van der Waals surface area contributed by atoms with Gasteiger partial charge in [-0.15, -0.1) is 0 Å². The molecule has 0 fully saturated rings. The molecule has 0 saturated carbocycles. The molecular formula is H8F4O4Ta. The molecule has 8 N–H and O–H groups in total. The first kappa shape index (κ1) is 34.6. The second-order valence-electron chi connectivity index (χ2n) is 0.383. The minimum atomic E-state index is -7.22. The topological polar surface area (TPSA) is 126 Å². The van der Waals surface area contributed by atoms with Crippen LogP contribution in [0.3, 0.4) is 0 Å². The van der Waals surface area contributed by atoms with E-state index in [1.807, 2.05) is 0 Å². The van der Waals surface area contributed by atoms with E-state index in [4.69, 9.17) is 0 Å². The van der Waals surface area contributed by atoms with E-state index in [1.54, 1.807) is 0 Å². The summed E-state index contributed by atoms with van der Waals surface area (Å²) >= 11 is -7.22. The molecule has 0 aliphatic carbocycles. The fraction of sp³-hybridized carbons (Fsp3) is 0. The van der Waals surface area contributed by atoms with E-state index in [2.05, 4.69) is 0 Å². The van der Waals surface area contributed by atoms with E-state index in [-0.39, 0.29) is 21.9 Å². The van der Waals surface area contributed by atoms with Crippen molar-refractivity contribution in [2.24, 2.45) is 0 Å². The van der Waals surface area contributed by atoms with Gasteiger partial charge in [-0.3, -0.25) is 0 Å². The summed E-state index contributed by atoms with van der Waals surface area (Å²) in [4.78, 5) is 0. The molecule has 0 rings (SSSR count). The number of rotatable bonds is 0. The van der Waals surface area contributed by atoms with Gasteiger partial charge in [0.05, 0.1) is 0 Å². The number of hydrogen-bond acceptors (Lipinski definition) is 0. The van der Waals surface area contributed by atoms with Gasteiger partial charge in [0, 0.05) is 0 Å². The molecule has 0 amide bonds. The second-order valence-corrected chi connectivity index (χ2v) is 3.14. The summed E-state index contributed by atoms with van der Waals surface area (Å²) in [6.07, 6.45) is 0. The molecule has 0 heterocycles. The van der Waals surface area contributed by atoms with Crippen molar-refractivity contribution in [2.45, 2.75) is 0 Å². The maximum atomic E-state index is 9.90. The first-order valence-electron chi connectivity index (χ1n) is 0.676. The van der Waals surface area contributed by atoms with Crippen LogP contribution in [0.15, 0.2) is 0 Å². The van der Waals surface area contributed by atoms with Gasteiger partial charge in [0.2, 0.25) is 0 Å². The molecule has 0 radical (unpaired) electrons. The van der Waals surface area contributed by atoms with Crippen molar-refractivity contribution in [3.8, 4) is 0 Å². The molecule has 65 valence electrons. The van der Waals surface area contributed by atoms with E-state index in [0.717, 1.165) is 0 Å². The van der Waals surface area contributed by atoms with Crippen molar-refractivity contribution in [1.29, 1.82) is 0 Å². The van der Waals surface area contributed by atoms with Crippen molar-refractivity contribution in [3.63, 3.8) is 0 Å². The first-order chi connectivity index (χ1) is 2.00. The molecule has 0 aromatic rings. The fourth-order valence-corrected chi connectivity index (χ4v) is 0. The van der Waals surface area contributed by atoms with Crippen LogP contribution in [0.4, 0.5) is 12.1 Å². The predicted molar refractivity (Wildman–Crippen MR) is 18.9 cm³/mol. The monoisotopic (exact) mass is 329 g/mol. The fourth-order valence-electron chi connectivity index (χ4n) is 0. The Morgan fingerprint density at radius 1 is 0.556 bits per heavy atom. The van der Waals surface area contributed by atoms with Crippen LogP contribution in [0.1, 0.15) is 0 Å². The average Bonchev–Trinajstić information content (AvgIpc) is 0.722. The molecule has 0 aromatic heterocycles. The molecule has 0 aliphatic heterocycles. The van der Waals surface area contributed by atoms with E-state index >= 15 is 0 Å². The zero-order valence-electron chi connectivity index (χ0n) is 3.96.